The second-order valence-corrected chi connectivity index (χ2v) is 13.8. The van der Waals surface area contributed by atoms with E-state index in [2.05, 4.69) is 120 Å². The summed E-state index contributed by atoms with van der Waals surface area (Å²) in [5.74, 6) is 1.19. The number of aromatic nitrogens is 2. The number of hydrogen-bond acceptors (Lipinski definition) is 5. The van der Waals surface area contributed by atoms with Crippen LogP contribution in [0.4, 0.5) is 17.1 Å². The van der Waals surface area contributed by atoms with E-state index in [4.69, 9.17) is 18.8 Å². The van der Waals surface area contributed by atoms with E-state index in [1.807, 2.05) is 72.8 Å². The number of hydrogen-bond donors (Lipinski definition) is 0. The van der Waals surface area contributed by atoms with Crippen LogP contribution in [0.3, 0.4) is 0 Å². The minimum atomic E-state index is 0.594. The van der Waals surface area contributed by atoms with Gasteiger partial charge < -0.3 is 13.7 Å². The van der Waals surface area contributed by atoms with Crippen molar-refractivity contribution in [1.82, 2.24) is 9.97 Å². The third-order valence-electron chi connectivity index (χ3n) is 10.4. The molecule has 2 heterocycles. The van der Waals surface area contributed by atoms with Gasteiger partial charge in [-0.2, -0.15) is 0 Å². The van der Waals surface area contributed by atoms with E-state index in [-0.39, 0.29) is 0 Å². The number of fused-ring (bicyclic) bond motifs is 5. The van der Waals surface area contributed by atoms with E-state index in [0.29, 0.717) is 22.9 Å². The maximum atomic E-state index is 6.36. The van der Waals surface area contributed by atoms with E-state index in [1.165, 1.54) is 32.7 Å². The molecule has 0 saturated heterocycles. The number of rotatable bonds is 6. The lowest BCUT2D eigenvalue weighted by atomic mass is 9.91. The van der Waals surface area contributed by atoms with E-state index < -0.39 is 0 Å². The topological polar surface area (TPSA) is 55.3 Å². The van der Waals surface area contributed by atoms with Crippen LogP contribution < -0.4 is 4.90 Å². The Morgan fingerprint density at radius 1 is 0.345 bits per heavy atom. The molecule has 0 saturated carbocycles. The summed E-state index contributed by atoms with van der Waals surface area (Å²) in [7, 11) is 0. The lowest BCUT2D eigenvalue weighted by Crippen LogP contribution is -2.09. The number of benzene rings is 9. The van der Waals surface area contributed by atoms with E-state index in [9.17, 15) is 0 Å². The predicted octanol–water partition coefficient (Wildman–Crippen LogP) is 13.9. The largest absolute Gasteiger partial charge is 0.436 e. The molecule has 9 aromatic carbocycles. The molecule has 0 unspecified atom stereocenters. The summed E-state index contributed by atoms with van der Waals surface area (Å²) in [6.45, 7) is 0. The van der Waals surface area contributed by atoms with Crippen molar-refractivity contribution in [2.24, 2.45) is 0 Å². The Morgan fingerprint density at radius 2 is 0.818 bits per heavy atom. The molecule has 11 rings (SSSR count). The molecule has 5 heteroatoms. The first-order chi connectivity index (χ1) is 27.2. The molecule has 0 aliphatic carbocycles. The summed E-state index contributed by atoms with van der Waals surface area (Å²) in [4.78, 5) is 11.8. The molecule has 0 aliphatic rings. The number of anilines is 3. The average Bonchev–Trinajstić information content (AvgIpc) is 3.88. The third-order valence-corrected chi connectivity index (χ3v) is 10.4. The molecule has 11 aromatic rings. The minimum Gasteiger partial charge on any atom is -0.436 e. The van der Waals surface area contributed by atoms with Crippen LogP contribution in [0.15, 0.2) is 197 Å². The number of oxazole rings is 2. The Hall–Kier alpha value is -7.50. The van der Waals surface area contributed by atoms with Crippen LogP contribution in [0, 0.1) is 0 Å². The van der Waals surface area contributed by atoms with Gasteiger partial charge in [0.25, 0.3) is 0 Å². The van der Waals surface area contributed by atoms with Gasteiger partial charge in [-0.1, -0.05) is 103 Å². The summed E-state index contributed by atoms with van der Waals surface area (Å²) in [5, 5.41) is 7.27. The molecule has 0 bridgehead atoms. The molecule has 0 spiro atoms. The van der Waals surface area contributed by atoms with Crippen molar-refractivity contribution in [2.75, 3.05) is 4.90 Å². The zero-order chi connectivity index (χ0) is 36.3. The Kier molecular flexibility index (Phi) is 7.10. The molecule has 0 amide bonds. The molecule has 0 fully saturated rings. The van der Waals surface area contributed by atoms with Gasteiger partial charge in [0.1, 0.15) is 11.0 Å². The monoisotopic (exact) mass is 705 g/mol. The highest BCUT2D eigenvalue weighted by Gasteiger charge is 2.19. The summed E-state index contributed by atoms with van der Waals surface area (Å²) in [6, 6.07) is 65.4. The predicted molar refractivity (Wildman–Crippen MR) is 225 cm³/mol. The summed E-state index contributed by atoms with van der Waals surface area (Å²) in [6.07, 6.45) is 0. The normalized spacial score (nSPS) is 11.6. The first-order valence-electron chi connectivity index (χ1n) is 18.4. The van der Waals surface area contributed by atoms with Crippen LogP contribution in [0.2, 0.25) is 0 Å². The number of nitrogens with zero attached hydrogens (tertiary/aromatic N) is 3. The lowest BCUT2D eigenvalue weighted by molar-refractivity contribution is 0.620. The van der Waals surface area contributed by atoms with Crippen LogP contribution in [-0.4, -0.2) is 9.97 Å². The second-order valence-electron chi connectivity index (χ2n) is 13.8. The van der Waals surface area contributed by atoms with Crippen LogP contribution in [0.1, 0.15) is 0 Å². The van der Waals surface area contributed by atoms with Crippen LogP contribution in [0.25, 0.3) is 88.6 Å². The fourth-order valence-electron chi connectivity index (χ4n) is 7.81. The first-order valence-corrected chi connectivity index (χ1v) is 18.4. The van der Waals surface area contributed by atoms with Gasteiger partial charge >= 0.3 is 0 Å². The van der Waals surface area contributed by atoms with E-state index >= 15 is 0 Å². The van der Waals surface area contributed by atoms with Gasteiger partial charge in [0.05, 0.1) is 0 Å². The summed E-state index contributed by atoms with van der Waals surface area (Å²) < 4.78 is 12.7. The Morgan fingerprint density at radius 3 is 1.40 bits per heavy atom. The van der Waals surface area contributed by atoms with Gasteiger partial charge in [-0.25, -0.2) is 9.97 Å². The summed E-state index contributed by atoms with van der Waals surface area (Å²) >= 11 is 0. The third kappa shape index (κ3) is 5.41. The van der Waals surface area contributed by atoms with Crippen LogP contribution in [0.5, 0.6) is 0 Å². The van der Waals surface area contributed by atoms with Crippen LogP contribution in [-0.2, 0) is 0 Å². The van der Waals surface area contributed by atoms with E-state index in [1.54, 1.807) is 0 Å². The SMILES string of the molecule is c1ccc(-c2nc3ccc(N(c4ccc5cc(-c6c7ccccc7cc7ccccc67)ccc5c4)c4ccc5nc(-c6ccccc6)oc5c4)cc3o2)cc1. The Labute approximate surface area is 316 Å². The van der Waals surface area contributed by atoms with Crippen molar-refractivity contribution in [3.05, 3.63) is 188 Å². The van der Waals surface area contributed by atoms with Gasteiger partial charge in [0.15, 0.2) is 11.2 Å². The first kappa shape index (κ1) is 31.1. The molecule has 0 atom stereocenters. The maximum Gasteiger partial charge on any atom is 0.227 e. The van der Waals surface area contributed by atoms with Gasteiger partial charge in [-0.3, -0.25) is 0 Å². The average molecular weight is 706 g/mol. The molecule has 258 valence electrons. The molecule has 55 heavy (non-hydrogen) atoms. The molecule has 5 nitrogen and oxygen atoms in total. The quantitative estimate of drug-likeness (QED) is 0.161. The van der Waals surface area contributed by atoms with Crippen molar-refractivity contribution < 1.29 is 8.83 Å². The van der Waals surface area contributed by atoms with Gasteiger partial charge in [0.2, 0.25) is 11.8 Å². The van der Waals surface area contributed by atoms with E-state index in [0.717, 1.165) is 50.0 Å². The Bertz CT molecular complexity index is 3050. The highest BCUT2D eigenvalue weighted by atomic mass is 16.4. The van der Waals surface area contributed by atoms with Crippen LogP contribution >= 0.6 is 0 Å². The molecular weight excluding hydrogens is 675 g/mol. The fraction of sp³-hybridized carbons (Fsp3) is 0. The highest BCUT2D eigenvalue weighted by Crippen LogP contribution is 2.42. The van der Waals surface area contributed by atoms with Gasteiger partial charge in [-0.05, 0) is 116 Å². The van der Waals surface area contributed by atoms with Crippen molar-refractivity contribution in [3.63, 3.8) is 0 Å². The minimum absolute atomic E-state index is 0.594. The van der Waals surface area contributed by atoms with Crippen molar-refractivity contribution >= 4 is 71.6 Å². The van der Waals surface area contributed by atoms with Crippen molar-refractivity contribution in [3.8, 4) is 34.0 Å². The molecule has 0 aliphatic heterocycles. The molecule has 0 radical (unpaired) electrons. The van der Waals surface area contributed by atoms with Crippen molar-refractivity contribution in [2.45, 2.75) is 0 Å². The smallest absolute Gasteiger partial charge is 0.227 e. The lowest BCUT2D eigenvalue weighted by Gasteiger charge is -2.25. The zero-order valence-corrected chi connectivity index (χ0v) is 29.6. The molecular formula is C50H31N3O2. The van der Waals surface area contributed by atoms with Gasteiger partial charge in [-0.15, -0.1) is 0 Å². The van der Waals surface area contributed by atoms with Crippen molar-refractivity contribution in [1.29, 1.82) is 0 Å². The zero-order valence-electron chi connectivity index (χ0n) is 29.6. The summed E-state index contributed by atoms with van der Waals surface area (Å²) in [5.41, 5.74) is 10.2. The molecule has 2 aromatic heterocycles. The fourth-order valence-corrected chi connectivity index (χ4v) is 7.81. The standard InChI is InChI=1S/C50H31N3O2/c1-3-11-32(12-4-1)49-51-44-25-23-40(30-46(44)54-49)53(41-24-26-45-47(31-41)55-50(52-45)33-13-5-2-6-14-33)39-22-21-34-27-38(20-19-35(34)29-39)48-42-17-9-7-15-36(42)28-37-16-8-10-18-43(37)48/h1-31H. The highest BCUT2D eigenvalue weighted by molar-refractivity contribution is 6.13. The second kappa shape index (κ2) is 12.6. The van der Waals surface area contributed by atoms with Gasteiger partial charge in [0, 0.05) is 40.3 Å². The maximum absolute atomic E-state index is 6.36. The molecule has 0 N–H and O–H groups in total. The Balaban J connectivity index is 1.05.